The van der Waals surface area contributed by atoms with Gasteiger partial charge in [-0.1, -0.05) is 18.2 Å². The van der Waals surface area contributed by atoms with E-state index in [1.807, 2.05) is 30.3 Å². The average Bonchev–Trinajstić information content (AvgIpc) is 2.69. The summed E-state index contributed by atoms with van der Waals surface area (Å²) in [6.45, 7) is 1.95. The molecule has 6 heteroatoms. The van der Waals surface area contributed by atoms with E-state index in [2.05, 4.69) is 25.2 Å². The normalized spacial score (nSPS) is 14.5. The van der Waals surface area contributed by atoms with Gasteiger partial charge in [0.1, 0.15) is 17.8 Å². The topological polar surface area (TPSA) is 71.0 Å². The van der Waals surface area contributed by atoms with Crippen LogP contribution in [-0.4, -0.2) is 33.9 Å². The van der Waals surface area contributed by atoms with E-state index < -0.39 is 0 Å². The van der Waals surface area contributed by atoms with Crippen LogP contribution in [0, 0.1) is 0 Å². The summed E-state index contributed by atoms with van der Waals surface area (Å²) in [5, 5.41) is 3.90. The molecule has 1 aliphatic rings. The van der Waals surface area contributed by atoms with Gasteiger partial charge >= 0.3 is 0 Å². The standard InChI is InChI=1S/C19H19N5O/c25-19(23-15-8-4-6-14-7-5-9-20-18(14)15)16-12-17(22-13-21-16)24-10-2-1-3-11-24/h4-9,12-13H,1-3,10-11H2,(H,23,25). The van der Waals surface area contributed by atoms with E-state index in [1.54, 1.807) is 12.3 Å². The number of carbonyl (C=O) groups is 1. The first-order valence-corrected chi connectivity index (χ1v) is 8.53. The van der Waals surface area contributed by atoms with Crippen molar-refractivity contribution in [2.24, 2.45) is 0 Å². The number of benzene rings is 1. The van der Waals surface area contributed by atoms with Crippen molar-refractivity contribution in [2.45, 2.75) is 19.3 Å². The molecule has 1 aliphatic heterocycles. The number of carbonyl (C=O) groups excluding carboxylic acids is 1. The van der Waals surface area contributed by atoms with E-state index in [4.69, 9.17) is 0 Å². The fraction of sp³-hybridized carbons (Fsp3) is 0.263. The number of para-hydroxylation sites is 1. The Labute approximate surface area is 145 Å². The van der Waals surface area contributed by atoms with Crippen molar-refractivity contribution in [2.75, 3.05) is 23.3 Å². The van der Waals surface area contributed by atoms with Gasteiger partial charge in [0.2, 0.25) is 0 Å². The largest absolute Gasteiger partial charge is 0.357 e. The second-order valence-electron chi connectivity index (χ2n) is 6.14. The second-order valence-corrected chi connectivity index (χ2v) is 6.14. The molecular weight excluding hydrogens is 314 g/mol. The van der Waals surface area contributed by atoms with Crippen LogP contribution < -0.4 is 10.2 Å². The summed E-state index contributed by atoms with van der Waals surface area (Å²) < 4.78 is 0. The van der Waals surface area contributed by atoms with Gasteiger partial charge in [0.05, 0.1) is 11.2 Å². The molecule has 6 nitrogen and oxygen atoms in total. The molecule has 0 unspecified atom stereocenters. The summed E-state index contributed by atoms with van der Waals surface area (Å²) >= 11 is 0. The number of hydrogen-bond donors (Lipinski definition) is 1. The van der Waals surface area contributed by atoms with Gasteiger partial charge in [-0.05, 0) is 31.4 Å². The van der Waals surface area contributed by atoms with E-state index in [9.17, 15) is 4.79 Å². The zero-order valence-corrected chi connectivity index (χ0v) is 13.9. The summed E-state index contributed by atoms with van der Waals surface area (Å²) in [6.07, 6.45) is 6.75. The first-order chi connectivity index (χ1) is 12.3. The molecule has 0 spiro atoms. The van der Waals surface area contributed by atoms with Crippen LogP contribution in [0.1, 0.15) is 29.8 Å². The predicted molar refractivity (Wildman–Crippen MR) is 97.8 cm³/mol. The molecule has 25 heavy (non-hydrogen) atoms. The summed E-state index contributed by atoms with van der Waals surface area (Å²) in [7, 11) is 0. The van der Waals surface area contributed by atoms with E-state index in [0.717, 1.165) is 42.7 Å². The van der Waals surface area contributed by atoms with Gasteiger partial charge in [0, 0.05) is 30.7 Å². The fourth-order valence-electron chi connectivity index (χ4n) is 3.16. The minimum absolute atomic E-state index is 0.251. The van der Waals surface area contributed by atoms with E-state index in [1.165, 1.54) is 12.7 Å². The summed E-state index contributed by atoms with van der Waals surface area (Å²) in [4.78, 5) is 27.7. The Bertz CT molecular complexity index is 900. The van der Waals surface area contributed by atoms with Crippen LogP contribution in [0.3, 0.4) is 0 Å². The van der Waals surface area contributed by atoms with Gasteiger partial charge in [0.25, 0.3) is 5.91 Å². The van der Waals surface area contributed by atoms with Crippen molar-refractivity contribution >= 4 is 28.3 Å². The van der Waals surface area contributed by atoms with Crippen molar-refractivity contribution in [1.29, 1.82) is 0 Å². The van der Waals surface area contributed by atoms with Crippen LogP contribution in [0.5, 0.6) is 0 Å². The molecule has 1 saturated heterocycles. The highest BCUT2D eigenvalue weighted by Gasteiger charge is 2.16. The Morgan fingerprint density at radius 2 is 1.84 bits per heavy atom. The number of pyridine rings is 1. The van der Waals surface area contributed by atoms with Gasteiger partial charge in [-0.2, -0.15) is 0 Å². The molecule has 3 heterocycles. The number of piperidine rings is 1. The fourth-order valence-corrected chi connectivity index (χ4v) is 3.16. The van der Waals surface area contributed by atoms with Crippen LogP contribution in [0.2, 0.25) is 0 Å². The van der Waals surface area contributed by atoms with Crippen LogP contribution in [0.25, 0.3) is 10.9 Å². The van der Waals surface area contributed by atoms with E-state index >= 15 is 0 Å². The smallest absolute Gasteiger partial charge is 0.274 e. The lowest BCUT2D eigenvalue weighted by Crippen LogP contribution is -2.30. The van der Waals surface area contributed by atoms with Crippen molar-refractivity contribution < 1.29 is 4.79 Å². The average molecular weight is 333 g/mol. The van der Waals surface area contributed by atoms with Gasteiger partial charge in [-0.25, -0.2) is 9.97 Å². The molecule has 1 aromatic carbocycles. The van der Waals surface area contributed by atoms with E-state index in [0.29, 0.717) is 11.4 Å². The summed E-state index contributed by atoms with van der Waals surface area (Å²) in [5.41, 5.74) is 1.81. The van der Waals surface area contributed by atoms with Crippen LogP contribution >= 0.6 is 0 Å². The molecule has 0 aliphatic carbocycles. The molecule has 3 aromatic rings. The van der Waals surface area contributed by atoms with Gasteiger partial charge < -0.3 is 10.2 Å². The number of hydrogen-bond acceptors (Lipinski definition) is 5. The van der Waals surface area contributed by atoms with Gasteiger partial charge in [-0.3, -0.25) is 9.78 Å². The highest BCUT2D eigenvalue weighted by Crippen LogP contribution is 2.22. The summed E-state index contributed by atoms with van der Waals surface area (Å²) in [5.74, 6) is 0.565. The maximum atomic E-state index is 12.6. The Morgan fingerprint density at radius 3 is 2.72 bits per heavy atom. The van der Waals surface area contributed by atoms with Gasteiger partial charge in [-0.15, -0.1) is 0 Å². The Morgan fingerprint density at radius 1 is 1.00 bits per heavy atom. The van der Waals surface area contributed by atoms with Crippen molar-refractivity contribution in [1.82, 2.24) is 15.0 Å². The molecule has 2 aromatic heterocycles. The lowest BCUT2D eigenvalue weighted by atomic mass is 10.1. The third-order valence-electron chi connectivity index (χ3n) is 4.45. The number of amides is 1. The molecule has 0 bridgehead atoms. The Balaban J connectivity index is 1.58. The van der Waals surface area contributed by atoms with Gasteiger partial charge in [0.15, 0.2) is 0 Å². The molecule has 1 N–H and O–H groups in total. The minimum Gasteiger partial charge on any atom is -0.357 e. The predicted octanol–water partition coefficient (Wildman–Crippen LogP) is 3.27. The Hall–Kier alpha value is -3.02. The lowest BCUT2D eigenvalue weighted by molar-refractivity contribution is 0.102. The van der Waals surface area contributed by atoms with Crippen molar-refractivity contribution in [3.8, 4) is 0 Å². The van der Waals surface area contributed by atoms with Crippen LogP contribution in [0.4, 0.5) is 11.5 Å². The Kier molecular flexibility index (Phi) is 4.24. The van der Waals surface area contributed by atoms with E-state index in [-0.39, 0.29) is 5.91 Å². The molecule has 1 amide bonds. The zero-order valence-electron chi connectivity index (χ0n) is 13.9. The molecule has 4 rings (SSSR count). The van der Waals surface area contributed by atoms with Crippen LogP contribution in [-0.2, 0) is 0 Å². The third-order valence-corrected chi connectivity index (χ3v) is 4.45. The quantitative estimate of drug-likeness (QED) is 0.796. The first kappa shape index (κ1) is 15.5. The summed E-state index contributed by atoms with van der Waals surface area (Å²) in [6, 6.07) is 11.3. The highest BCUT2D eigenvalue weighted by molar-refractivity contribution is 6.07. The van der Waals surface area contributed by atoms with Crippen molar-refractivity contribution in [3.05, 3.63) is 54.6 Å². The molecular formula is C19H19N5O. The SMILES string of the molecule is O=C(Nc1cccc2cccnc12)c1cc(N2CCCCC2)ncn1. The maximum Gasteiger partial charge on any atom is 0.274 e. The van der Waals surface area contributed by atoms with Crippen molar-refractivity contribution in [3.63, 3.8) is 0 Å². The lowest BCUT2D eigenvalue weighted by Gasteiger charge is -2.27. The highest BCUT2D eigenvalue weighted by atomic mass is 16.1. The molecule has 0 saturated carbocycles. The first-order valence-electron chi connectivity index (χ1n) is 8.53. The maximum absolute atomic E-state index is 12.6. The number of aromatic nitrogens is 3. The minimum atomic E-state index is -0.251. The monoisotopic (exact) mass is 333 g/mol. The number of rotatable bonds is 3. The molecule has 126 valence electrons. The molecule has 0 atom stereocenters. The number of anilines is 2. The van der Waals surface area contributed by atoms with Crippen LogP contribution in [0.15, 0.2) is 48.9 Å². The second kappa shape index (κ2) is 6.84. The third kappa shape index (κ3) is 3.28. The number of nitrogens with one attached hydrogen (secondary N) is 1. The number of fused-ring (bicyclic) bond motifs is 1. The zero-order chi connectivity index (χ0) is 17.1. The molecule has 1 fully saturated rings. The number of nitrogens with zero attached hydrogens (tertiary/aromatic N) is 4. The molecule has 0 radical (unpaired) electrons.